The third kappa shape index (κ3) is 5.61. The van der Waals surface area contributed by atoms with Gasteiger partial charge in [-0.1, -0.05) is 24.6 Å². The molecule has 1 unspecified atom stereocenters. The van der Waals surface area contributed by atoms with Gasteiger partial charge in [0.15, 0.2) is 0 Å². The van der Waals surface area contributed by atoms with Gasteiger partial charge in [-0.05, 0) is 32.6 Å². The van der Waals surface area contributed by atoms with Gasteiger partial charge in [0.25, 0.3) is 0 Å². The molecule has 0 saturated carbocycles. The molecule has 1 atom stereocenters. The molecule has 10 heavy (non-hydrogen) atoms. The third-order valence-corrected chi connectivity index (χ3v) is 1.55. The van der Waals surface area contributed by atoms with E-state index in [9.17, 15) is 0 Å². The molecule has 0 aromatic heterocycles. The number of hydrogen-bond acceptors (Lipinski definition) is 0. The topological polar surface area (TPSA) is 0 Å². The second-order valence-corrected chi connectivity index (χ2v) is 3.00. The van der Waals surface area contributed by atoms with Crippen molar-refractivity contribution in [1.29, 1.82) is 0 Å². The van der Waals surface area contributed by atoms with Crippen LogP contribution in [0.2, 0.25) is 0 Å². The highest BCUT2D eigenvalue weighted by Gasteiger charge is 1.94. The summed E-state index contributed by atoms with van der Waals surface area (Å²) in [4.78, 5) is 0. The Morgan fingerprint density at radius 1 is 1.60 bits per heavy atom. The monoisotopic (exact) mass is 138 g/mol. The summed E-state index contributed by atoms with van der Waals surface area (Å²) in [6, 6.07) is 0. The summed E-state index contributed by atoms with van der Waals surface area (Å²) in [5.41, 5.74) is 1.29. The van der Waals surface area contributed by atoms with E-state index in [-0.39, 0.29) is 0 Å². The molecule has 0 nitrogen and oxygen atoms in total. The van der Waals surface area contributed by atoms with Gasteiger partial charge in [-0.2, -0.15) is 0 Å². The van der Waals surface area contributed by atoms with Crippen LogP contribution in [0.15, 0.2) is 24.3 Å². The SMILES string of the molecule is C=C(C)CCC(C)/C=C/C. The lowest BCUT2D eigenvalue weighted by atomic mass is 10.0. The fraction of sp³-hybridized carbons (Fsp3) is 0.600. The Labute approximate surface area is 64.6 Å². The average Bonchev–Trinajstić information content (AvgIpc) is 1.85. The summed E-state index contributed by atoms with van der Waals surface area (Å²) in [6.45, 7) is 10.3. The van der Waals surface area contributed by atoms with Gasteiger partial charge < -0.3 is 0 Å². The molecule has 0 aliphatic rings. The Bertz CT molecular complexity index is 120. The van der Waals surface area contributed by atoms with Crippen molar-refractivity contribution < 1.29 is 0 Å². The van der Waals surface area contributed by atoms with Crippen LogP contribution in [0.3, 0.4) is 0 Å². The van der Waals surface area contributed by atoms with E-state index in [1.165, 1.54) is 12.0 Å². The Balaban J connectivity index is 3.39. The summed E-state index contributed by atoms with van der Waals surface area (Å²) in [5.74, 6) is 0.710. The summed E-state index contributed by atoms with van der Waals surface area (Å²) in [7, 11) is 0. The van der Waals surface area contributed by atoms with Crippen molar-refractivity contribution in [2.45, 2.75) is 33.6 Å². The molecule has 0 fully saturated rings. The lowest BCUT2D eigenvalue weighted by Crippen LogP contribution is -1.88. The molecule has 0 aliphatic carbocycles. The standard InChI is InChI=1S/C10H18/c1-5-6-10(4)8-7-9(2)3/h5-6,10H,2,7-8H2,1,3-4H3/b6-5+. The minimum absolute atomic E-state index is 0.710. The molecular formula is C10H18. The highest BCUT2D eigenvalue weighted by atomic mass is 14.0. The van der Waals surface area contributed by atoms with Crippen LogP contribution in [0.4, 0.5) is 0 Å². The number of allylic oxidation sites excluding steroid dienone is 3. The minimum Gasteiger partial charge on any atom is -0.100 e. The second kappa shape index (κ2) is 5.28. The van der Waals surface area contributed by atoms with Gasteiger partial charge in [-0.3, -0.25) is 0 Å². The number of hydrogen-bond donors (Lipinski definition) is 0. The summed E-state index contributed by atoms with van der Waals surface area (Å²) in [6.07, 6.45) is 6.75. The van der Waals surface area contributed by atoms with Gasteiger partial charge in [-0.25, -0.2) is 0 Å². The van der Waals surface area contributed by atoms with E-state index >= 15 is 0 Å². The van der Waals surface area contributed by atoms with Gasteiger partial charge in [0, 0.05) is 0 Å². The van der Waals surface area contributed by atoms with Crippen LogP contribution >= 0.6 is 0 Å². The van der Waals surface area contributed by atoms with Gasteiger partial charge in [0.1, 0.15) is 0 Å². The molecule has 0 amide bonds. The van der Waals surface area contributed by atoms with Crippen molar-refractivity contribution >= 4 is 0 Å². The largest absolute Gasteiger partial charge is 0.100 e. The highest BCUT2D eigenvalue weighted by Crippen LogP contribution is 2.10. The van der Waals surface area contributed by atoms with Crippen LogP contribution in [0, 0.1) is 5.92 Å². The van der Waals surface area contributed by atoms with Crippen molar-refractivity contribution in [2.75, 3.05) is 0 Å². The zero-order valence-electron chi connectivity index (χ0n) is 7.35. The molecule has 0 rings (SSSR count). The molecule has 0 aromatic rings. The minimum atomic E-state index is 0.710. The van der Waals surface area contributed by atoms with Gasteiger partial charge in [0.05, 0.1) is 0 Å². The van der Waals surface area contributed by atoms with Gasteiger partial charge in [0.2, 0.25) is 0 Å². The Kier molecular flexibility index (Phi) is 5.00. The van der Waals surface area contributed by atoms with Crippen LogP contribution in [0.1, 0.15) is 33.6 Å². The zero-order valence-corrected chi connectivity index (χ0v) is 7.35. The van der Waals surface area contributed by atoms with E-state index in [0.29, 0.717) is 5.92 Å². The normalized spacial score (nSPS) is 13.9. The van der Waals surface area contributed by atoms with E-state index in [1.807, 2.05) is 0 Å². The molecule has 0 N–H and O–H groups in total. The lowest BCUT2D eigenvalue weighted by Gasteiger charge is -2.03. The van der Waals surface area contributed by atoms with Crippen LogP contribution in [-0.2, 0) is 0 Å². The van der Waals surface area contributed by atoms with Crippen molar-refractivity contribution in [3.05, 3.63) is 24.3 Å². The van der Waals surface area contributed by atoms with Crippen LogP contribution in [0.25, 0.3) is 0 Å². The van der Waals surface area contributed by atoms with E-state index in [4.69, 9.17) is 0 Å². The van der Waals surface area contributed by atoms with Crippen molar-refractivity contribution in [3.8, 4) is 0 Å². The van der Waals surface area contributed by atoms with E-state index in [1.54, 1.807) is 0 Å². The van der Waals surface area contributed by atoms with Crippen molar-refractivity contribution in [3.63, 3.8) is 0 Å². The maximum atomic E-state index is 3.86. The first kappa shape index (κ1) is 9.48. The first-order chi connectivity index (χ1) is 4.66. The number of rotatable bonds is 4. The molecular weight excluding hydrogens is 120 g/mol. The molecule has 0 spiro atoms. The Morgan fingerprint density at radius 2 is 2.20 bits per heavy atom. The predicted octanol–water partition coefficient (Wildman–Crippen LogP) is 3.55. The fourth-order valence-corrected chi connectivity index (χ4v) is 0.899. The van der Waals surface area contributed by atoms with Gasteiger partial charge in [-0.15, -0.1) is 6.58 Å². The average molecular weight is 138 g/mol. The van der Waals surface area contributed by atoms with Crippen LogP contribution in [0.5, 0.6) is 0 Å². The van der Waals surface area contributed by atoms with Crippen LogP contribution in [-0.4, -0.2) is 0 Å². The molecule has 0 bridgehead atoms. The molecule has 0 aromatic carbocycles. The predicted molar refractivity (Wildman–Crippen MR) is 48.0 cm³/mol. The Morgan fingerprint density at radius 3 is 2.60 bits per heavy atom. The molecule has 0 aliphatic heterocycles. The molecule has 0 heterocycles. The van der Waals surface area contributed by atoms with Crippen molar-refractivity contribution in [1.82, 2.24) is 0 Å². The first-order valence-corrected chi connectivity index (χ1v) is 3.94. The second-order valence-electron chi connectivity index (χ2n) is 3.00. The van der Waals surface area contributed by atoms with E-state index in [2.05, 4.69) is 39.5 Å². The Hall–Kier alpha value is -0.520. The maximum absolute atomic E-state index is 3.86. The summed E-state index contributed by atoms with van der Waals surface area (Å²) >= 11 is 0. The molecule has 0 radical (unpaired) electrons. The van der Waals surface area contributed by atoms with E-state index < -0.39 is 0 Å². The van der Waals surface area contributed by atoms with E-state index in [0.717, 1.165) is 6.42 Å². The highest BCUT2D eigenvalue weighted by molar-refractivity contribution is 4.91. The molecule has 0 saturated heterocycles. The lowest BCUT2D eigenvalue weighted by molar-refractivity contribution is 0.645. The third-order valence-electron chi connectivity index (χ3n) is 1.55. The fourth-order valence-electron chi connectivity index (χ4n) is 0.899. The maximum Gasteiger partial charge on any atom is -0.0259 e. The summed E-state index contributed by atoms with van der Waals surface area (Å²) < 4.78 is 0. The summed E-state index contributed by atoms with van der Waals surface area (Å²) in [5, 5.41) is 0. The molecule has 58 valence electrons. The van der Waals surface area contributed by atoms with Crippen molar-refractivity contribution in [2.24, 2.45) is 5.92 Å². The molecule has 0 heteroatoms. The zero-order chi connectivity index (χ0) is 7.98. The van der Waals surface area contributed by atoms with Gasteiger partial charge >= 0.3 is 0 Å². The van der Waals surface area contributed by atoms with Crippen LogP contribution < -0.4 is 0 Å². The smallest absolute Gasteiger partial charge is 0.0259 e. The quantitative estimate of drug-likeness (QED) is 0.521. The first-order valence-electron chi connectivity index (χ1n) is 3.94.